The molecule has 1 N–H and O–H groups in total. The van der Waals surface area contributed by atoms with E-state index >= 15 is 0 Å². The molecule has 5 heteroatoms. The summed E-state index contributed by atoms with van der Waals surface area (Å²) >= 11 is 0. The molecule has 2 rings (SSSR count). The highest BCUT2D eigenvalue weighted by Crippen LogP contribution is 2.12. The molecular weight excluding hydrogens is 256 g/mol. The lowest BCUT2D eigenvalue weighted by atomic mass is 10.1. The Hall–Kier alpha value is -2.14. The van der Waals surface area contributed by atoms with E-state index in [2.05, 4.69) is 12.2 Å². The molecule has 106 valence electrons. The zero-order chi connectivity index (χ0) is 14.4. The highest BCUT2D eigenvalue weighted by atomic mass is 16.6. The van der Waals surface area contributed by atoms with E-state index < -0.39 is 0 Å². The van der Waals surface area contributed by atoms with E-state index in [1.807, 2.05) is 12.1 Å². The van der Waals surface area contributed by atoms with Gasteiger partial charge in [-0.25, -0.2) is 0 Å². The molecule has 0 aliphatic carbocycles. The van der Waals surface area contributed by atoms with Crippen LogP contribution in [0.5, 0.6) is 0 Å². The maximum Gasteiger partial charge on any atom is 0.269 e. The zero-order valence-electron chi connectivity index (χ0n) is 11.4. The molecule has 20 heavy (non-hydrogen) atoms. The second kappa shape index (κ2) is 6.86. The fourth-order valence-electron chi connectivity index (χ4n) is 2.05. The fraction of sp³-hybridized carbons (Fsp3) is 0.333. The van der Waals surface area contributed by atoms with Gasteiger partial charge in [-0.3, -0.25) is 10.1 Å². The van der Waals surface area contributed by atoms with Gasteiger partial charge in [-0.05, 0) is 37.6 Å². The first-order valence-corrected chi connectivity index (χ1v) is 6.64. The van der Waals surface area contributed by atoms with Crippen molar-refractivity contribution in [3.05, 3.63) is 64.1 Å². The first-order chi connectivity index (χ1) is 9.65. The Morgan fingerprint density at radius 1 is 1.30 bits per heavy atom. The molecule has 0 spiro atoms. The number of hydrogen-bond donors (Lipinski definition) is 1. The van der Waals surface area contributed by atoms with Gasteiger partial charge in [0, 0.05) is 24.6 Å². The van der Waals surface area contributed by atoms with Gasteiger partial charge in [0.25, 0.3) is 5.69 Å². The van der Waals surface area contributed by atoms with Gasteiger partial charge in [0.15, 0.2) is 0 Å². The second-order valence-electron chi connectivity index (χ2n) is 4.81. The largest absolute Gasteiger partial charge is 0.469 e. The first-order valence-electron chi connectivity index (χ1n) is 6.64. The molecule has 1 aromatic heterocycles. The Labute approximate surface area is 117 Å². The van der Waals surface area contributed by atoms with Crippen LogP contribution in [0.15, 0.2) is 47.1 Å². The summed E-state index contributed by atoms with van der Waals surface area (Å²) in [5, 5.41) is 14.0. The van der Waals surface area contributed by atoms with Crippen LogP contribution in [0.3, 0.4) is 0 Å². The van der Waals surface area contributed by atoms with Crippen molar-refractivity contribution in [1.29, 1.82) is 0 Å². The molecule has 1 atom stereocenters. The van der Waals surface area contributed by atoms with Gasteiger partial charge < -0.3 is 9.73 Å². The minimum absolute atomic E-state index is 0.132. The maximum atomic E-state index is 10.6. The lowest BCUT2D eigenvalue weighted by molar-refractivity contribution is -0.384. The van der Waals surface area contributed by atoms with Gasteiger partial charge in [0.05, 0.1) is 11.2 Å². The van der Waals surface area contributed by atoms with Crippen molar-refractivity contribution in [2.24, 2.45) is 0 Å². The van der Waals surface area contributed by atoms with Crippen LogP contribution in [-0.4, -0.2) is 17.5 Å². The summed E-state index contributed by atoms with van der Waals surface area (Å²) in [6.45, 7) is 2.94. The van der Waals surface area contributed by atoms with Gasteiger partial charge in [-0.2, -0.15) is 0 Å². The standard InChI is InChI=1S/C15H18N2O3/c1-12(11-15-3-2-10-20-15)16-9-8-13-4-6-14(7-5-13)17(18)19/h2-7,10,12,16H,8-9,11H2,1H3. The number of furan rings is 1. The predicted octanol–water partition coefficient (Wildman–Crippen LogP) is 2.95. The quantitative estimate of drug-likeness (QED) is 0.622. The Morgan fingerprint density at radius 2 is 2.05 bits per heavy atom. The third kappa shape index (κ3) is 4.20. The fourth-order valence-corrected chi connectivity index (χ4v) is 2.05. The number of non-ortho nitro benzene ring substituents is 1. The minimum Gasteiger partial charge on any atom is -0.469 e. The van der Waals surface area contributed by atoms with E-state index in [4.69, 9.17) is 4.42 Å². The first kappa shape index (κ1) is 14.3. The molecule has 1 unspecified atom stereocenters. The molecule has 0 fully saturated rings. The summed E-state index contributed by atoms with van der Waals surface area (Å²) in [5.74, 6) is 0.973. The van der Waals surface area contributed by atoms with Crippen LogP contribution < -0.4 is 5.32 Å². The van der Waals surface area contributed by atoms with Crippen LogP contribution in [0.25, 0.3) is 0 Å². The summed E-state index contributed by atoms with van der Waals surface area (Å²) < 4.78 is 5.30. The van der Waals surface area contributed by atoms with Crippen molar-refractivity contribution >= 4 is 5.69 Å². The summed E-state index contributed by atoms with van der Waals surface area (Å²) in [5.41, 5.74) is 1.22. The predicted molar refractivity (Wildman–Crippen MR) is 76.7 cm³/mol. The van der Waals surface area contributed by atoms with E-state index in [1.165, 1.54) is 0 Å². The number of benzene rings is 1. The van der Waals surface area contributed by atoms with E-state index in [0.717, 1.165) is 30.7 Å². The highest BCUT2D eigenvalue weighted by molar-refractivity contribution is 5.32. The van der Waals surface area contributed by atoms with Crippen molar-refractivity contribution < 1.29 is 9.34 Å². The molecule has 2 aromatic rings. The number of nitro benzene ring substituents is 1. The molecule has 0 radical (unpaired) electrons. The highest BCUT2D eigenvalue weighted by Gasteiger charge is 2.06. The molecule has 1 heterocycles. The van der Waals surface area contributed by atoms with Gasteiger partial charge >= 0.3 is 0 Å². The van der Waals surface area contributed by atoms with Crippen LogP contribution in [0, 0.1) is 10.1 Å². The molecule has 0 aliphatic rings. The SMILES string of the molecule is CC(Cc1ccco1)NCCc1ccc([N+](=O)[O-])cc1. The Kier molecular flexibility index (Phi) is 4.90. The summed E-state index contributed by atoms with van der Waals surface area (Å²) in [4.78, 5) is 10.2. The Bertz CT molecular complexity index is 535. The number of rotatable bonds is 7. The summed E-state index contributed by atoms with van der Waals surface area (Å²) in [6, 6.07) is 10.9. The number of nitrogens with one attached hydrogen (secondary N) is 1. The van der Waals surface area contributed by atoms with E-state index in [9.17, 15) is 10.1 Å². The third-order valence-electron chi connectivity index (χ3n) is 3.14. The van der Waals surface area contributed by atoms with Crippen LogP contribution in [-0.2, 0) is 12.8 Å². The topological polar surface area (TPSA) is 68.3 Å². The molecule has 0 bridgehead atoms. The smallest absolute Gasteiger partial charge is 0.269 e. The summed E-state index contributed by atoms with van der Waals surface area (Å²) in [7, 11) is 0. The van der Waals surface area contributed by atoms with Crippen molar-refractivity contribution in [2.45, 2.75) is 25.8 Å². The minimum atomic E-state index is -0.381. The Balaban J connectivity index is 1.73. The molecule has 0 amide bonds. The Morgan fingerprint density at radius 3 is 2.65 bits per heavy atom. The molecule has 0 saturated carbocycles. The third-order valence-corrected chi connectivity index (χ3v) is 3.14. The zero-order valence-corrected chi connectivity index (χ0v) is 11.4. The average Bonchev–Trinajstić information content (AvgIpc) is 2.92. The maximum absolute atomic E-state index is 10.6. The van der Waals surface area contributed by atoms with Crippen LogP contribution in [0.4, 0.5) is 5.69 Å². The van der Waals surface area contributed by atoms with E-state index in [1.54, 1.807) is 30.5 Å². The molecule has 5 nitrogen and oxygen atoms in total. The van der Waals surface area contributed by atoms with Gasteiger partial charge in [-0.15, -0.1) is 0 Å². The lowest BCUT2D eigenvalue weighted by Gasteiger charge is -2.12. The van der Waals surface area contributed by atoms with Crippen LogP contribution in [0.2, 0.25) is 0 Å². The lowest BCUT2D eigenvalue weighted by Crippen LogP contribution is -2.29. The molecule has 0 saturated heterocycles. The van der Waals surface area contributed by atoms with Gasteiger partial charge in [-0.1, -0.05) is 12.1 Å². The number of nitrogens with zero attached hydrogens (tertiary/aromatic N) is 1. The van der Waals surface area contributed by atoms with Crippen molar-refractivity contribution in [3.63, 3.8) is 0 Å². The monoisotopic (exact) mass is 274 g/mol. The average molecular weight is 274 g/mol. The number of hydrogen-bond acceptors (Lipinski definition) is 4. The molecule has 1 aromatic carbocycles. The number of nitro groups is 1. The second-order valence-corrected chi connectivity index (χ2v) is 4.81. The van der Waals surface area contributed by atoms with E-state index in [0.29, 0.717) is 6.04 Å². The van der Waals surface area contributed by atoms with Crippen LogP contribution >= 0.6 is 0 Å². The molecular formula is C15H18N2O3. The van der Waals surface area contributed by atoms with Gasteiger partial charge in [0.2, 0.25) is 0 Å². The van der Waals surface area contributed by atoms with Crippen molar-refractivity contribution in [1.82, 2.24) is 5.32 Å². The van der Waals surface area contributed by atoms with Crippen molar-refractivity contribution in [2.75, 3.05) is 6.54 Å². The van der Waals surface area contributed by atoms with Gasteiger partial charge in [0.1, 0.15) is 5.76 Å². The van der Waals surface area contributed by atoms with Crippen LogP contribution in [0.1, 0.15) is 18.2 Å². The van der Waals surface area contributed by atoms with Crippen molar-refractivity contribution in [3.8, 4) is 0 Å². The normalized spacial score (nSPS) is 12.2. The summed E-state index contributed by atoms with van der Waals surface area (Å²) in [6.07, 6.45) is 3.38. The molecule has 0 aliphatic heterocycles. The van der Waals surface area contributed by atoms with E-state index in [-0.39, 0.29) is 10.6 Å².